The lowest BCUT2D eigenvalue weighted by atomic mass is 9.85. The van der Waals surface area contributed by atoms with E-state index < -0.39 is 17.3 Å². The summed E-state index contributed by atoms with van der Waals surface area (Å²) < 4.78 is 33.3. The van der Waals surface area contributed by atoms with E-state index in [0.717, 1.165) is 18.5 Å². The largest absolute Gasteiger partial charge is 0.388 e. The predicted octanol–water partition coefficient (Wildman–Crippen LogP) is 5.22. The molecule has 0 amide bonds. The number of rotatable bonds is 1. The highest BCUT2D eigenvalue weighted by Gasteiger charge is 2.47. The van der Waals surface area contributed by atoms with Crippen LogP contribution in [0.3, 0.4) is 0 Å². The first-order valence-electron chi connectivity index (χ1n) is 14.9. The van der Waals surface area contributed by atoms with Crippen LogP contribution in [0.2, 0.25) is 0 Å². The number of hydrogen-bond donors (Lipinski definition) is 2. The van der Waals surface area contributed by atoms with Crippen LogP contribution in [0, 0.1) is 17.2 Å². The molecule has 7 rings (SSSR count). The summed E-state index contributed by atoms with van der Waals surface area (Å²) in [7, 11) is 0. The molecule has 1 aliphatic carbocycles. The van der Waals surface area contributed by atoms with Crippen LogP contribution < -0.4 is 16.2 Å². The fraction of sp³-hybridized carbons (Fsp3) is 0.500. The molecule has 3 aromatic rings. The molecule has 1 aromatic carbocycles. The van der Waals surface area contributed by atoms with Gasteiger partial charge in [0.25, 0.3) is 11.5 Å². The highest BCUT2D eigenvalue weighted by molar-refractivity contribution is 5.87. The Morgan fingerprint density at radius 3 is 2.64 bits per heavy atom. The van der Waals surface area contributed by atoms with Crippen LogP contribution in [0.15, 0.2) is 53.7 Å². The monoisotopic (exact) mass is 573 g/mol. The molecule has 2 aromatic heterocycles. The summed E-state index contributed by atoms with van der Waals surface area (Å²) >= 11 is 0. The molecule has 1 atom stereocenters. The molecule has 2 N–H and O–H groups in total. The van der Waals surface area contributed by atoms with Crippen molar-refractivity contribution >= 4 is 16.9 Å². The number of aryl methyl sites for hydroxylation is 1. The van der Waals surface area contributed by atoms with Crippen molar-refractivity contribution < 1.29 is 8.78 Å². The first kappa shape index (κ1) is 28.3. The highest BCUT2D eigenvalue weighted by Crippen LogP contribution is 2.47. The average molecular weight is 574 g/mol. The van der Waals surface area contributed by atoms with Crippen molar-refractivity contribution in [1.29, 1.82) is 5.26 Å². The summed E-state index contributed by atoms with van der Waals surface area (Å²) in [4.78, 5) is 24.9. The van der Waals surface area contributed by atoms with E-state index in [9.17, 15) is 10.1 Å². The maximum absolute atomic E-state index is 15.8. The number of piperidine rings is 1. The molecular weight excluding hydrogens is 536 g/mol. The van der Waals surface area contributed by atoms with Crippen molar-refractivity contribution in [2.45, 2.75) is 69.4 Å². The zero-order chi connectivity index (χ0) is 29.5. The highest BCUT2D eigenvalue weighted by atomic mass is 19.3. The van der Waals surface area contributed by atoms with Gasteiger partial charge in [-0.05, 0) is 76.2 Å². The van der Waals surface area contributed by atoms with Gasteiger partial charge in [-0.2, -0.15) is 5.26 Å². The van der Waals surface area contributed by atoms with Crippen LogP contribution in [0.4, 0.5) is 14.6 Å². The van der Waals surface area contributed by atoms with Crippen molar-refractivity contribution in [2.75, 3.05) is 31.5 Å². The van der Waals surface area contributed by atoms with E-state index in [1.807, 2.05) is 13.0 Å². The summed E-state index contributed by atoms with van der Waals surface area (Å²) in [5, 5.41) is 17.3. The maximum Gasteiger partial charge on any atom is 0.276 e. The van der Waals surface area contributed by atoms with Crippen LogP contribution in [0.25, 0.3) is 11.0 Å². The molecule has 1 saturated carbocycles. The lowest BCUT2D eigenvalue weighted by Gasteiger charge is -2.36. The van der Waals surface area contributed by atoms with Crippen LogP contribution in [0.5, 0.6) is 0 Å². The van der Waals surface area contributed by atoms with Gasteiger partial charge in [-0.15, -0.1) is 0 Å². The Hall–Kier alpha value is -3.84. The quantitative estimate of drug-likeness (QED) is 0.412. The third kappa shape index (κ3) is 5.26. The Morgan fingerprint density at radius 2 is 1.90 bits per heavy atom. The standard InChI is InChI=1S/C32H37F2N7O/c1-21-18-40-14-8-24(9-15-40)32(33,34)25-7-5-6-23(16-25)22(2)39-28-26-17-27(31(19-35)10-11-31)30(42)41(13-4-3-12-36-21)29(26)38-20-37-28/h5-7,16-17,20,22,24,36H,1,3-4,8-15,18H2,2H3,(H,37,38,39)/t22-/m1/s1. The van der Waals surface area contributed by atoms with E-state index in [0.29, 0.717) is 86.4 Å². The minimum absolute atomic E-state index is 0.0254. The maximum atomic E-state index is 15.8. The van der Waals surface area contributed by atoms with Gasteiger partial charge in [-0.3, -0.25) is 14.3 Å². The third-order valence-corrected chi connectivity index (χ3v) is 9.19. The topological polar surface area (TPSA) is 98.9 Å². The smallest absolute Gasteiger partial charge is 0.276 e. The summed E-state index contributed by atoms with van der Waals surface area (Å²) in [5.74, 6) is -3.17. The molecule has 5 heterocycles. The van der Waals surface area contributed by atoms with Gasteiger partial charge in [0.15, 0.2) is 0 Å². The summed E-state index contributed by atoms with van der Waals surface area (Å²) in [6, 6.07) is 10.4. The van der Waals surface area contributed by atoms with Crippen LogP contribution in [-0.4, -0.2) is 45.6 Å². The number of halogens is 2. The van der Waals surface area contributed by atoms with E-state index in [-0.39, 0.29) is 17.2 Å². The molecule has 2 fully saturated rings. The van der Waals surface area contributed by atoms with Crippen molar-refractivity contribution in [3.05, 3.63) is 76.0 Å². The van der Waals surface area contributed by atoms with E-state index in [2.05, 4.69) is 38.1 Å². The third-order valence-electron chi connectivity index (χ3n) is 9.19. The fourth-order valence-electron chi connectivity index (χ4n) is 6.39. The van der Waals surface area contributed by atoms with Crippen LogP contribution in [0.1, 0.15) is 68.2 Å². The van der Waals surface area contributed by atoms with Gasteiger partial charge in [0.1, 0.15) is 17.8 Å². The summed E-state index contributed by atoms with van der Waals surface area (Å²) in [5.41, 5.74) is 1.60. The molecule has 8 nitrogen and oxygen atoms in total. The number of nitriles is 1. The number of aromatic nitrogens is 3. The molecule has 220 valence electrons. The van der Waals surface area contributed by atoms with E-state index >= 15 is 8.78 Å². The van der Waals surface area contributed by atoms with Crippen LogP contribution >= 0.6 is 0 Å². The molecule has 4 aliphatic rings. The Balaban J connectivity index is 1.41. The molecule has 10 heteroatoms. The molecule has 3 aliphatic heterocycles. The second-order valence-electron chi connectivity index (χ2n) is 12.1. The van der Waals surface area contributed by atoms with Gasteiger partial charge in [-0.1, -0.05) is 24.8 Å². The number of alkyl halides is 2. The molecule has 0 spiro atoms. The normalized spacial score (nSPS) is 25.6. The second-order valence-corrected chi connectivity index (χ2v) is 12.1. The van der Waals surface area contributed by atoms with Gasteiger partial charge in [-0.25, -0.2) is 18.7 Å². The number of nitrogens with zero attached hydrogens (tertiary/aromatic N) is 5. The van der Waals surface area contributed by atoms with Crippen molar-refractivity contribution in [1.82, 2.24) is 24.8 Å². The number of benzene rings is 1. The Labute approximate surface area is 244 Å². The van der Waals surface area contributed by atoms with Crippen molar-refractivity contribution in [3.63, 3.8) is 0 Å². The summed E-state index contributed by atoms with van der Waals surface area (Å²) in [6.07, 6.45) is 5.08. The summed E-state index contributed by atoms with van der Waals surface area (Å²) in [6.45, 7) is 9.04. The van der Waals surface area contributed by atoms with Crippen molar-refractivity contribution in [3.8, 4) is 6.07 Å². The molecular formula is C32H37F2N7O. The van der Waals surface area contributed by atoms with Gasteiger partial charge in [0.2, 0.25) is 0 Å². The average Bonchev–Trinajstić information content (AvgIpc) is 3.79. The van der Waals surface area contributed by atoms with Gasteiger partial charge >= 0.3 is 0 Å². The number of nitrogens with one attached hydrogen (secondary N) is 2. The SMILES string of the molecule is C=C1CN2CCC(CC2)C(F)(F)c2cccc(c2)[C@@H](C)Nc2ncnc3c2cc(C2(C#N)CC2)c(=O)n3CCCCN1. The molecule has 1 saturated heterocycles. The minimum atomic E-state index is -2.95. The fourth-order valence-corrected chi connectivity index (χ4v) is 6.39. The van der Waals surface area contributed by atoms with Gasteiger partial charge < -0.3 is 10.6 Å². The molecule has 42 heavy (non-hydrogen) atoms. The lowest BCUT2D eigenvalue weighted by molar-refractivity contribution is -0.0849. The van der Waals surface area contributed by atoms with E-state index in [4.69, 9.17) is 0 Å². The Kier molecular flexibility index (Phi) is 7.48. The molecule has 0 unspecified atom stereocenters. The van der Waals surface area contributed by atoms with Gasteiger partial charge in [0.05, 0.1) is 16.9 Å². The molecule has 8 bridgehead atoms. The first-order chi connectivity index (χ1) is 20.2. The van der Waals surface area contributed by atoms with Gasteiger partial charge in [0, 0.05) is 48.4 Å². The zero-order valence-corrected chi connectivity index (χ0v) is 24.0. The minimum Gasteiger partial charge on any atom is -0.388 e. The number of pyridine rings is 1. The Bertz CT molecular complexity index is 1600. The van der Waals surface area contributed by atoms with Crippen LogP contribution in [-0.2, 0) is 17.9 Å². The Morgan fingerprint density at radius 1 is 1.12 bits per heavy atom. The van der Waals surface area contributed by atoms with E-state index in [1.54, 1.807) is 22.8 Å². The predicted molar refractivity (Wildman–Crippen MR) is 158 cm³/mol. The first-order valence-corrected chi connectivity index (χ1v) is 14.9. The molecule has 0 radical (unpaired) electrons. The lowest BCUT2D eigenvalue weighted by Crippen LogP contribution is -2.41. The van der Waals surface area contributed by atoms with Crippen molar-refractivity contribution in [2.24, 2.45) is 5.92 Å². The number of hydrogen-bond acceptors (Lipinski definition) is 7. The zero-order valence-electron chi connectivity index (χ0n) is 24.0. The number of fused-ring (bicyclic) bond motifs is 9. The number of anilines is 1. The van der Waals surface area contributed by atoms with E-state index in [1.165, 1.54) is 12.4 Å². The second kappa shape index (κ2) is 11.1.